The van der Waals surface area contributed by atoms with E-state index in [4.69, 9.17) is 5.73 Å². The van der Waals surface area contributed by atoms with E-state index >= 15 is 0 Å². The molecular formula is C11H14N4O. The molecule has 0 aromatic carbocycles. The van der Waals surface area contributed by atoms with Crippen molar-refractivity contribution in [2.24, 2.45) is 0 Å². The van der Waals surface area contributed by atoms with E-state index < -0.39 is 5.60 Å². The first-order valence-electron chi connectivity index (χ1n) is 4.96. The van der Waals surface area contributed by atoms with Crippen molar-refractivity contribution in [2.75, 3.05) is 5.73 Å². The zero-order chi connectivity index (χ0) is 11.8. The van der Waals surface area contributed by atoms with Crippen LogP contribution in [0.25, 0.3) is 11.1 Å². The van der Waals surface area contributed by atoms with E-state index in [1.54, 1.807) is 32.3 Å². The summed E-state index contributed by atoms with van der Waals surface area (Å²) in [4.78, 5) is 4.20. The molecule has 0 spiro atoms. The number of hydrogen-bond acceptors (Lipinski definition) is 4. The zero-order valence-corrected chi connectivity index (χ0v) is 9.23. The summed E-state index contributed by atoms with van der Waals surface area (Å²) in [6.45, 7) is 3.39. The van der Waals surface area contributed by atoms with Crippen LogP contribution in [0, 0.1) is 0 Å². The van der Waals surface area contributed by atoms with Gasteiger partial charge in [-0.05, 0) is 19.9 Å². The van der Waals surface area contributed by atoms with Crippen LogP contribution in [0.5, 0.6) is 0 Å². The van der Waals surface area contributed by atoms with Crippen molar-refractivity contribution in [3.63, 3.8) is 0 Å². The molecule has 0 fully saturated rings. The average Bonchev–Trinajstić information content (AvgIpc) is 2.63. The summed E-state index contributed by atoms with van der Waals surface area (Å²) < 4.78 is 0. The Kier molecular flexibility index (Phi) is 2.40. The molecule has 2 rings (SSSR count). The zero-order valence-electron chi connectivity index (χ0n) is 9.23. The number of nitrogens with one attached hydrogen (secondary N) is 1. The number of hydrogen-bond donors (Lipinski definition) is 3. The summed E-state index contributed by atoms with van der Waals surface area (Å²) in [5, 5.41) is 16.3. The van der Waals surface area contributed by atoms with Gasteiger partial charge in [-0.15, -0.1) is 0 Å². The third kappa shape index (κ3) is 1.90. The highest BCUT2D eigenvalue weighted by Gasteiger charge is 2.17. The summed E-state index contributed by atoms with van der Waals surface area (Å²) in [5.41, 5.74) is 7.08. The van der Waals surface area contributed by atoms with Gasteiger partial charge in [0.15, 0.2) is 0 Å². The summed E-state index contributed by atoms with van der Waals surface area (Å²) >= 11 is 0. The Balaban J connectivity index is 2.37. The first-order chi connectivity index (χ1) is 7.48. The normalized spacial score (nSPS) is 11.7. The largest absolute Gasteiger partial charge is 0.384 e. The van der Waals surface area contributed by atoms with Crippen LogP contribution in [0.15, 0.2) is 24.5 Å². The molecule has 5 heteroatoms. The first-order valence-corrected chi connectivity index (χ1v) is 4.96. The lowest BCUT2D eigenvalue weighted by Crippen LogP contribution is -2.17. The molecule has 0 aliphatic carbocycles. The van der Waals surface area contributed by atoms with Crippen LogP contribution in [-0.2, 0) is 5.60 Å². The lowest BCUT2D eigenvalue weighted by atomic mass is 10.0. The number of H-pyrrole nitrogens is 1. The van der Waals surface area contributed by atoms with E-state index in [0.29, 0.717) is 11.5 Å². The molecular weight excluding hydrogens is 204 g/mol. The number of pyridine rings is 1. The average molecular weight is 218 g/mol. The van der Waals surface area contributed by atoms with Crippen molar-refractivity contribution in [2.45, 2.75) is 19.4 Å². The maximum Gasteiger partial charge on any atom is 0.126 e. The number of anilines is 1. The van der Waals surface area contributed by atoms with E-state index in [9.17, 15) is 5.11 Å². The Morgan fingerprint density at radius 3 is 2.50 bits per heavy atom. The Morgan fingerprint density at radius 2 is 2.06 bits per heavy atom. The molecule has 0 bridgehead atoms. The van der Waals surface area contributed by atoms with E-state index in [2.05, 4.69) is 15.2 Å². The number of rotatable bonds is 2. The molecule has 0 radical (unpaired) electrons. The van der Waals surface area contributed by atoms with Gasteiger partial charge in [-0.1, -0.05) is 6.07 Å². The van der Waals surface area contributed by atoms with Crippen LogP contribution in [0.4, 0.5) is 5.82 Å². The number of nitrogen functional groups attached to an aromatic ring is 1. The Hall–Kier alpha value is -1.88. The van der Waals surface area contributed by atoms with Gasteiger partial charge in [0.1, 0.15) is 11.4 Å². The lowest BCUT2D eigenvalue weighted by molar-refractivity contribution is 0.0739. The third-order valence-electron chi connectivity index (χ3n) is 2.37. The molecule has 2 aromatic heterocycles. The topological polar surface area (TPSA) is 87.8 Å². The molecule has 0 saturated heterocycles. The van der Waals surface area contributed by atoms with Crippen molar-refractivity contribution in [3.05, 3.63) is 30.2 Å². The predicted octanol–water partition coefficient (Wildman–Crippen LogP) is 1.28. The summed E-state index contributed by atoms with van der Waals surface area (Å²) in [6.07, 6.45) is 3.32. The molecule has 84 valence electrons. The fourth-order valence-corrected chi connectivity index (χ4v) is 1.44. The lowest BCUT2D eigenvalue weighted by Gasteiger charge is -2.16. The molecule has 0 aliphatic heterocycles. The molecule has 0 amide bonds. The van der Waals surface area contributed by atoms with Crippen LogP contribution < -0.4 is 5.73 Å². The van der Waals surface area contributed by atoms with Crippen LogP contribution in [0.1, 0.15) is 19.5 Å². The maximum absolute atomic E-state index is 9.76. The quantitative estimate of drug-likeness (QED) is 0.708. The van der Waals surface area contributed by atoms with Gasteiger partial charge >= 0.3 is 0 Å². The Morgan fingerprint density at radius 1 is 1.31 bits per heavy atom. The molecule has 0 unspecified atom stereocenters. The second kappa shape index (κ2) is 3.61. The van der Waals surface area contributed by atoms with Crippen LogP contribution in [-0.4, -0.2) is 20.3 Å². The van der Waals surface area contributed by atoms with Gasteiger partial charge in [0.05, 0.1) is 11.9 Å². The van der Waals surface area contributed by atoms with Crippen molar-refractivity contribution in [3.8, 4) is 11.1 Å². The van der Waals surface area contributed by atoms with Gasteiger partial charge in [-0.25, -0.2) is 0 Å². The van der Waals surface area contributed by atoms with Gasteiger partial charge in [0.25, 0.3) is 0 Å². The van der Waals surface area contributed by atoms with Gasteiger partial charge in [0.2, 0.25) is 0 Å². The second-order valence-electron chi connectivity index (χ2n) is 4.19. The Labute approximate surface area is 93.3 Å². The molecule has 4 N–H and O–H groups in total. The second-order valence-corrected chi connectivity index (χ2v) is 4.19. The van der Waals surface area contributed by atoms with E-state index in [0.717, 1.165) is 11.1 Å². The maximum atomic E-state index is 9.76. The van der Waals surface area contributed by atoms with Gasteiger partial charge in [-0.2, -0.15) is 5.10 Å². The number of aliphatic hydroxyl groups is 1. The molecule has 2 aromatic rings. The molecule has 5 nitrogen and oxygen atoms in total. The van der Waals surface area contributed by atoms with Gasteiger partial charge in [0, 0.05) is 17.3 Å². The fraction of sp³-hybridized carbons (Fsp3) is 0.273. The smallest absolute Gasteiger partial charge is 0.126 e. The van der Waals surface area contributed by atoms with Crippen LogP contribution in [0.2, 0.25) is 0 Å². The monoisotopic (exact) mass is 218 g/mol. The molecule has 16 heavy (non-hydrogen) atoms. The van der Waals surface area contributed by atoms with Crippen LogP contribution in [0.3, 0.4) is 0 Å². The molecule has 0 saturated carbocycles. The van der Waals surface area contributed by atoms with Crippen molar-refractivity contribution in [1.29, 1.82) is 0 Å². The summed E-state index contributed by atoms with van der Waals surface area (Å²) in [5.74, 6) is 0.512. The summed E-state index contributed by atoms with van der Waals surface area (Å²) in [7, 11) is 0. The summed E-state index contributed by atoms with van der Waals surface area (Å²) in [6, 6.07) is 3.64. The molecule has 2 heterocycles. The minimum atomic E-state index is -0.930. The SMILES string of the molecule is CC(C)(O)c1ccc(-c2cn[nH]c2N)cn1. The van der Waals surface area contributed by atoms with E-state index in [-0.39, 0.29) is 0 Å². The molecule has 0 atom stereocenters. The van der Waals surface area contributed by atoms with E-state index in [1.165, 1.54) is 0 Å². The number of aromatic amines is 1. The Bertz CT molecular complexity index is 481. The van der Waals surface area contributed by atoms with Crippen LogP contribution >= 0.6 is 0 Å². The highest BCUT2D eigenvalue weighted by molar-refractivity contribution is 5.72. The minimum Gasteiger partial charge on any atom is -0.384 e. The van der Waals surface area contributed by atoms with Gasteiger partial charge < -0.3 is 10.8 Å². The van der Waals surface area contributed by atoms with Crippen molar-refractivity contribution >= 4 is 5.82 Å². The van der Waals surface area contributed by atoms with Crippen molar-refractivity contribution in [1.82, 2.24) is 15.2 Å². The van der Waals surface area contributed by atoms with Crippen molar-refractivity contribution < 1.29 is 5.11 Å². The van der Waals surface area contributed by atoms with E-state index in [1.807, 2.05) is 6.07 Å². The van der Waals surface area contributed by atoms with Gasteiger partial charge in [-0.3, -0.25) is 10.1 Å². The standard InChI is InChI=1S/C11H14N4O/c1-11(2,16)9-4-3-7(5-13-9)8-6-14-15-10(8)12/h3-6,16H,1-2H3,(H3,12,14,15). The first kappa shape index (κ1) is 10.6. The molecule has 0 aliphatic rings. The third-order valence-corrected chi connectivity index (χ3v) is 2.37. The highest BCUT2D eigenvalue weighted by atomic mass is 16.3. The predicted molar refractivity (Wildman–Crippen MR) is 61.5 cm³/mol. The number of nitrogens with zero attached hydrogens (tertiary/aromatic N) is 2. The fourth-order valence-electron chi connectivity index (χ4n) is 1.44. The minimum absolute atomic E-state index is 0.512. The number of aromatic nitrogens is 3. The highest BCUT2D eigenvalue weighted by Crippen LogP contribution is 2.25. The number of nitrogens with two attached hydrogens (primary N) is 1.